The summed E-state index contributed by atoms with van der Waals surface area (Å²) in [5.41, 5.74) is 7.36. The van der Waals surface area contributed by atoms with Gasteiger partial charge in [-0.15, -0.1) is 0 Å². The zero-order valence-electron chi connectivity index (χ0n) is 19.2. The standard InChI is InChI=1S/C24H34N2O3S/c1-16-10-8-11-23(20(16)5)26(30(7,28)29)13-9-12-24(27)25-21(6)22-15-18(3)17(2)14-19(22)4/h8,10-11,14-15,21H,9,12-13H2,1-7H3,(H,25,27). The lowest BCUT2D eigenvalue weighted by Crippen LogP contribution is -2.33. The third-order valence-electron chi connectivity index (χ3n) is 5.74. The van der Waals surface area contributed by atoms with E-state index in [1.54, 1.807) is 0 Å². The Morgan fingerprint density at radius 3 is 2.27 bits per heavy atom. The number of anilines is 1. The molecule has 1 amide bonds. The molecular weight excluding hydrogens is 396 g/mol. The number of amides is 1. The second-order valence-corrected chi connectivity index (χ2v) is 10.1. The van der Waals surface area contributed by atoms with Gasteiger partial charge in [0.1, 0.15) is 0 Å². The van der Waals surface area contributed by atoms with E-state index in [0.29, 0.717) is 12.1 Å². The molecule has 2 aromatic rings. The third kappa shape index (κ3) is 5.85. The second-order valence-electron chi connectivity index (χ2n) is 8.24. The highest BCUT2D eigenvalue weighted by atomic mass is 32.2. The molecule has 0 aromatic heterocycles. The molecule has 2 aromatic carbocycles. The number of carbonyl (C=O) groups excluding carboxylic acids is 1. The molecule has 0 aliphatic carbocycles. The number of rotatable bonds is 8. The highest BCUT2D eigenvalue weighted by Crippen LogP contribution is 2.25. The first-order valence-corrected chi connectivity index (χ1v) is 12.2. The van der Waals surface area contributed by atoms with Crippen molar-refractivity contribution in [3.05, 3.63) is 63.7 Å². The lowest BCUT2D eigenvalue weighted by Gasteiger charge is -2.25. The summed E-state index contributed by atoms with van der Waals surface area (Å²) < 4.78 is 26.1. The Hall–Kier alpha value is -2.34. The Bertz CT molecular complexity index is 1030. The molecule has 0 heterocycles. The van der Waals surface area contributed by atoms with E-state index in [9.17, 15) is 13.2 Å². The van der Waals surface area contributed by atoms with Crippen LogP contribution >= 0.6 is 0 Å². The fraction of sp³-hybridized carbons (Fsp3) is 0.458. The number of benzene rings is 2. The van der Waals surface area contributed by atoms with Crippen LogP contribution in [0.3, 0.4) is 0 Å². The van der Waals surface area contributed by atoms with Crippen molar-refractivity contribution in [2.75, 3.05) is 17.1 Å². The topological polar surface area (TPSA) is 66.5 Å². The fourth-order valence-electron chi connectivity index (χ4n) is 3.69. The van der Waals surface area contributed by atoms with Crippen LogP contribution in [0.15, 0.2) is 30.3 Å². The molecule has 0 aliphatic heterocycles. The Kier molecular flexibility index (Phi) is 7.70. The number of aryl methyl sites for hydroxylation is 4. The molecule has 5 nitrogen and oxygen atoms in total. The molecule has 30 heavy (non-hydrogen) atoms. The molecule has 0 fully saturated rings. The van der Waals surface area contributed by atoms with E-state index in [0.717, 1.165) is 22.3 Å². The normalized spacial score (nSPS) is 12.5. The second kappa shape index (κ2) is 9.65. The third-order valence-corrected chi connectivity index (χ3v) is 6.92. The molecule has 1 unspecified atom stereocenters. The molecule has 6 heteroatoms. The van der Waals surface area contributed by atoms with Crippen molar-refractivity contribution in [3.63, 3.8) is 0 Å². The van der Waals surface area contributed by atoms with Crippen LogP contribution in [0.25, 0.3) is 0 Å². The zero-order valence-corrected chi connectivity index (χ0v) is 20.0. The quantitative estimate of drug-likeness (QED) is 0.663. The van der Waals surface area contributed by atoms with Gasteiger partial charge in [0.25, 0.3) is 0 Å². The van der Waals surface area contributed by atoms with Crippen LogP contribution in [0.2, 0.25) is 0 Å². The lowest BCUT2D eigenvalue weighted by molar-refractivity contribution is -0.121. The first-order valence-electron chi connectivity index (χ1n) is 10.3. The van der Waals surface area contributed by atoms with Crippen LogP contribution in [0.5, 0.6) is 0 Å². The highest BCUT2D eigenvalue weighted by Gasteiger charge is 2.20. The van der Waals surface area contributed by atoms with Gasteiger partial charge in [-0.25, -0.2) is 8.42 Å². The Morgan fingerprint density at radius 2 is 1.63 bits per heavy atom. The number of hydrogen-bond acceptors (Lipinski definition) is 3. The minimum absolute atomic E-state index is 0.0745. The predicted molar refractivity (Wildman–Crippen MR) is 125 cm³/mol. The van der Waals surface area contributed by atoms with Gasteiger partial charge in [0, 0.05) is 13.0 Å². The van der Waals surface area contributed by atoms with Gasteiger partial charge in [-0.3, -0.25) is 9.10 Å². The lowest BCUT2D eigenvalue weighted by atomic mass is 9.96. The molecule has 0 aliphatic rings. The van der Waals surface area contributed by atoms with Crippen LogP contribution in [-0.4, -0.2) is 27.1 Å². The van der Waals surface area contributed by atoms with Crippen molar-refractivity contribution in [1.82, 2.24) is 5.32 Å². The van der Waals surface area contributed by atoms with Gasteiger partial charge in [0.05, 0.1) is 18.0 Å². The van der Waals surface area contributed by atoms with E-state index in [1.165, 1.54) is 21.7 Å². The number of sulfonamides is 1. The molecule has 1 atom stereocenters. The van der Waals surface area contributed by atoms with Gasteiger partial charge in [0.15, 0.2) is 0 Å². The van der Waals surface area contributed by atoms with E-state index in [4.69, 9.17) is 0 Å². The van der Waals surface area contributed by atoms with Crippen LogP contribution < -0.4 is 9.62 Å². The first-order chi connectivity index (χ1) is 13.9. The summed E-state index contributed by atoms with van der Waals surface area (Å²) in [7, 11) is -3.43. The summed E-state index contributed by atoms with van der Waals surface area (Å²) in [5, 5.41) is 3.05. The van der Waals surface area contributed by atoms with Crippen LogP contribution in [0.1, 0.15) is 59.2 Å². The smallest absolute Gasteiger partial charge is 0.232 e. The molecule has 0 saturated carbocycles. The van der Waals surface area contributed by atoms with E-state index >= 15 is 0 Å². The fourth-order valence-corrected chi connectivity index (χ4v) is 4.71. The minimum atomic E-state index is -3.43. The van der Waals surface area contributed by atoms with Crippen molar-refractivity contribution < 1.29 is 13.2 Å². The number of nitrogens with one attached hydrogen (secondary N) is 1. The minimum Gasteiger partial charge on any atom is -0.350 e. The molecule has 164 valence electrons. The van der Waals surface area contributed by atoms with Gasteiger partial charge in [0.2, 0.25) is 15.9 Å². The summed E-state index contributed by atoms with van der Waals surface area (Å²) in [6, 6.07) is 9.80. The summed E-state index contributed by atoms with van der Waals surface area (Å²) in [5.74, 6) is -0.0745. The maximum atomic E-state index is 12.5. The number of hydrogen-bond donors (Lipinski definition) is 1. The van der Waals surface area contributed by atoms with Crippen molar-refractivity contribution in [1.29, 1.82) is 0 Å². The maximum absolute atomic E-state index is 12.5. The van der Waals surface area contributed by atoms with Crippen molar-refractivity contribution in [2.24, 2.45) is 0 Å². The maximum Gasteiger partial charge on any atom is 0.232 e. The predicted octanol–water partition coefficient (Wildman–Crippen LogP) is 4.65. The van der Waals surface area contributed by atoms with E-state index in [-0.39, 0.29) is 24.9 Å². The van der Waals surface area contributed by atoms with Gasteiger partial charge < -0.3 is 5.32 Å². The summed E-state index contributed by atoms with van der Waals surface area (Å²) in [6.07, 6.45) is 1.93. The van der Waals surface area contributed by atoms with E-state index < -0.39 is 10.0 Å². The number of nitrogens with zero attached hydrogens (tertiary/aromatic N) is 1. The zero-order chi connectivity index (χ0) is 22.6. The molecular formula is C24H34N2O3S. The largest absolute Gasteiger partial charge is 0.350 e. The van der Waals surface area contributed by atoms with Gasteiger partial charge in [-0.05, 0) is 87.4 Å². The number of carbonyl (C=O) groups is 1. The molecule has 1 N–H and O–H groups in total. The highest BCUT2D eigenvalue weighted by molar-refractivity contribution is 7.92. The average molecular weight is 431 g/mol. The van der Waals surface area contributed by atoms with Gasteiger partial charge in [-0.2, -0.15) is 0 Å². The summed E-state index contributed by atoms with van der Waals surface area (Å²) in [6.45, 7) is 12.3. The Balaban J connectivity index is 2.03. The Labute approximate surface area is 181 Å². The summed E-state index contributed by atoms with van der Waals surface area (Å²) >= 11 is 0. The average Bonchev–Trinajstić information content (AvgIpc) is 2.63. The van der Waals surface area contributed by atoms with Gasteiger partial charge >= 0.3 is 0 Å². The molecule has 0 radical (unpaired) electrons. The SMILES string of the molecule is Cc1cc(C)c(C(C)NC(=O)CCCN(c2cccc(C)c2C)S(C)(=O)=O)cc1C. The van der Waals surface area contributed by atoms with E-state index in [2.05, 4.69) is 38.2 Å². The molecule has 0 spiro atoms. The first kappa shape index (κ1) is 23.9. The van der Waals surface area contributed by atoms with Crippen LogP contribution in [-0.2, 0) is 14.8 Å². The summed E-state index contributed by atoms with van der Waals surface area (Å²) in [4.78, 5) is 12.5. The van der Waals surface area contributed by atoms with Crippen LogP contribution in [0.4, 0.5) is 5.69 Å². The van der Waals surface area contributed by atoms with Crippen LogP contribution in [0, 0.1) is 34.6 Å². The molecule has 0 saturated heterocycles. The Morgan fingerprint density at radius 1 is 1.00 bits per heavy atom. The van der Waals surface area contributed by atoms with Crippen molar-refractivity contribution in [2.45, 2.75) is 60.4 Å². The molecule has 0 bridgehead atoms. The van der Waals surface area contributed by atoms with E-state index in [1.807, 2.05) is 39.0 Å². The van der Waals surface area contributed by atoms with Crippen molar-refractivity contribution >= 4 is 21.6 Å². The molecule has 2 rings (SSSR count). The van der Waals surface area contributed by atoms with Gasteiger partial charge in [-0.1, -0.05) is 24.3 Å². The van der Waals surface area contributed by atoms with Crippen molar-refractivity contribution in [3.8, 4) is 0 Å². The monoisotopic (exact) mass is 430 g/mol.